The summed E-state index contributed by atoms with van der Waals surface area (Å²) in [5, 5.41) is 12.9. The molecule has 0 fully saturated rings. The van der Waals surface area contributed by atoms with Crippen LogP contribution in [0.1, 0.15) is 28.2 Å². The number of aromatic nitrogens is 3. The topological polar surface area (TPSA) is 70.7 Å². The number of aryl methyl sites for hydroxylation is 1. The molecule has 2 aromatic heterocycles. The Balaban J connectivity index is 1.45. The van der Waals surface area contributed by atoms with Crippen molar-refractivity contribution >= 4 is 17.2 Å². The predicted molar refractivity (Wildman–Crippen MR) is 89.4 cm³/mol. The van der Waals surface area contributed by atoms with E-state index in [9.17, 15) is 4.79 Å². The zero-order valence-corrected chi connectivity index (χ0v) is 13.3. The number of H-pyrrole nitrogens is 1. The third-order valence-corrected chi connectivity index (χ3v) is 5.00. The average molecular weight is 324 g/mol. The Hall–Kier alpha value is -2.47. The molecule has 1 aliphatic rings. The number of benzene rings is 1. The van der Waals surface area contributed by atoms with Crippen molar-refractivity contribution in [1.29, 1.82) is 0 Å². The molecular formula is C17H16N4OS. The summed E-state index contributed by atoms with van der Waals surface area (Å²) in [4.78, 5) is 16.9. The van der Waals surface area contributed by atoms with Gasteiger partial charge >= 0.3 is 0 Å². The Kier molecular flexibility index (Phi) is 3.67. The fourth-order valence-corrected chi connectivity index (χ4v) is 3.69. The highest BCUT2D eigenvalue weighted by molar-refractivity contribution is 7.13. The largest absolute Gasteiger partial charge is 0.348 e. The molecule has 1 aliphatic carbocycles. The summed E-state index contributed by atoms with van der Waals surface area (Å²) < 4.78 is 0. The number of carbonyl (C=O) groups is 1. The van der Waals surface area contributed by atoms with Crippen molar-refractivity contribution in [3.05, 3.63) is 58.9 Å². The summed E-state index contributed by atoms with van der Waals surface area (Å²) >= 11 is 1.49. The van der Waals surface area contributed by atoms with Crippen molar-refractivity contribution in [3.63, 3.8) is 0 Å². The summed E-state index contributed by atoms with van der Waals surface area (Å²) in [6, 6.07) is 10.1. The van der Waals surface area contributed by atoms with E-state index in [0.29, 0.717) is 5.69 Å². The number of hydrogen-bond donors (Lipinski definition) is 2. The first-order valence-corrected chi connectivity index (χ1v) is 8.50. The first kappa shape index (κ1) is 14.1. The number of hydrogen-bond acceptors (Lipinski definition) is 4. The Bertz CT molecular complexity index is 824. The molecule has 0 radical (unpaired) electrons. The SMILES string of the molecule is O=C(NC1CCc2cn[nH]c2C1)c1csc(-c2ccccc2)n1. The van der Waals surface area contributed by atoms with Gasteiger partial charge in [0.2, 0.25) is 0 Å². The minimum atomic E-state index is -0.101. The minimum Gasteiger partial charge on any atom is -0.348 e. The molecule has 1 atom stereocenters. The molecule has 0 spiro atoms. The zero-order chi connectivity index (χ0) is 15.6. The molecule has 2 N–H and O–H groups in total. The van der Waals surface area contributed by atoms with Crippen molar-refractivity contribution < 1.29 is 4.79 Å². The van der Waals surface area contributed by atoms with E-state index in [0.717, 1.165) is 35.5 Å². The molecule has 1 amide bonds. The number of fused-ring (bicyclic) bond motifs is 1. The van der Waals surface area contributed by atoms with Gasteiger partial charge in [0.25, 0.3) is 5.91 Å². The highest BCUT2D eigenvalue weighted by Crippen LogP contribution is 2.24. The molecule has 5 nitrogen and oxygen atoms in total. The normalized spacial score (nSPS) is 16.8. The second-order valence-electron chi connectivity index (χ2n) is 5.69. The highest BCUT2D eigenvalue weighted by Gasteiger charge is 2.23. The van der Waals surface area contributed by atoms with Crippen LogP contribution in [-0.4, -0.2) is 27.1 Å². The van der Waals surface area contributed by atoms with E-state index in [1.165, 1.54) is 16.9 Å². The van der Waals surface area contributed by atoms with Gasteiger partial charge in [0, 0.05) is 29.1 Å². The van der Waals surface area contributed by atoms with Gasteiger partial charge in [0.05, 0.1) is 6.20 Å². The monoisotopic (exact) mass is 324 g/mol. The van der Waals surface area contributed by atoms with E-state index in [4.69, 9.17) is 0 Å². The number of rotatable bonds is 3. The highest BCUT2D eigenvalue weighted by atomic mass is 32.1. The Morgan fingerprint density at radius 2 is 2.17 bits per heavy atom. The first-order chi connectivity index (χ1) is 11.3. The van der Waals surface area contributed by atoms with Gasteiger partial charge in [-0.3, -0.25) is 9.89 Å². The zero-order valence-electron chi connectivity index (χ0n) is 12.5. The van der Waals surface area contributed by atoms with Crippen LogP contribution in [0.4, 0.5) is 0 Å². The summed E-state index contributed by atoms with van der Waals surface area (Å²) in [5.41, 5.74) is 3.92. The summed E-state index contributed by atoms with van der Waals surface area (Å²) in [5.74, 6) is -0.101. The Morgan fingerprint density at radius 3 is 3.04 bits per heavy atom. The van der Waals surface area contributed by atoms with E-state index in [2.05, 4.69) is 20.5 Å². The average Bonchev–Trinajstić information content (AvgIpc) is 3.24. The van der Waals surface area contributed by atoms with E-state index in [-0.39, 0.29) is 11.9 Å². The van der Waals surface area contributed by atoms with E-state index in [1.807, 2.05) is 41.9 Å². The molecule has 0 saturated heterocycles. The van der Waals surface area contributed by atoms with Crippen LogP contribution in [-0.2, 0) is 12.8 Å². The summed E-state index contributed by atoms with van der Waals surface area (Å²) in [6.45, 7) is 0. The van der Waals surface area contributed by atoms with Gasteiger partial charge in [-0.05, 0) is 18.4 Å². The van der Waals surface area contributed by atoms with E-state index >= 15 is 0 Å². The Labute approximate surface area is 137 Å². The number of nitrogens with one attached hydrogen (secondary N) is 2. The van der Waals surface area contributed by atoms with Crippen LogP contribution in [0.2, 0.25) is 0 Å². The fraction of sp³-hybridized carbons (Fsp3) is 0.235. The third-order valence-electron chi connectivity index (χ3n) is 4.11. The summed E-state index contributed by atoms with van der Waals surface area (Å²) in [7, 11) is 0. The molecular weight excluding hydrogens is 308 g/mol. The molecule has 0 bridgehead atoms. The number of amides is 1. The Morgan fingerprint density at radius 1 is 1.30 bits per heavy atom. The van der Waals surface area contributed by atoms with Gasteiger partial charge in [-0.1, -0.05) is 30.3 Å². The second-order valence-corrected chi connectivity index (χ2v) is 6.55. The van der Waals surface area contributed by atoms with Crippen LogP contribution >= 0.6 is 11.3 Å². The van der Waals surface area contributed by atoms with Crippen LogP contribution in [0.25, 0.3) is 10.6 Å². The molecule has 0 aliphatic heterocycles. The molecule has 1 aromatic carbocycles. The molecule has 1 unspecified atom stereocenters. The lowest BCUT2D eigenvalue weighted by atomic mass is 9.94. The van der Waals surface area contributed by atoms with Crippen LogP contribution in [0.3, 0.4) is 0 Å². The quantitative estimate of drug-likeness (QED) is 0.778. The van der Waals surface area contributed by atoms with Crippen molar-refractivity contribution in [2.75, 3.05) is 0 Å². The molecule has 2 heterocycles. The lowest BCUT2D eigenvalue weighted by molar-refractivity contribution is 0.0929. The fourth-order valence-electron chi connectivity index (χ4n) is 2.88. The van der Waals surface area contributed by atoms with Gasteiger partial charge in [0.1, 0.15) is 10.7 Å². The molecule has 23 heavy (non-hydrogen) atoms. The van der Waals surface area contributed by atoms with E-state index in [1.54, 1.807) is 0 Å². The predicted octanol–water partition coefficient (Wildman–Crippen LogP) is 2.82. The minimum absolute atomic E-state index is 0.101. The van der Waals surface area contributed by atoms with E-state index < -0.39 is 0 Å². The van der Waals surface area contributed by atoms with Crippen LogP contribution in [0.15, 0.2) is 41.9 Å². The maximum atomic E-state index is 12.4. The van der Waals surface area contributed by atoms with Crippen molar-refractivity contribution in [3.8, 4) is 10.6 Å². The van der Waals surface area contributed by atoms with Crippen molar-refractivity contribution in [1.82, 2.24) is 20.5 Å². The summed E-state index contributed by atoms with van der Waals surface area (Å²) in [6.07, 6.45) is 4.56. The van der Waals surface area contributed by atoms with Gasteiger partial charge < -0.3 is 5.32 Å². The van der Waals surface area contributed by atoms with Gasteiger partial charge in [-0.25, -0.2) is 4.98 Å². The smallest absolute Gasteiger partial charge is 0.271 e. The number of thiazole rings is 1. The lowest BCUT2D eigenvalue weighted by Crippen LogP contribution is -2.38. The lowest BCUT2D eigenvalue weighted by Gasteiger charge is -2.22. The van der Waals surface area contributed by atoms with Gasteiger partial charge in [-0.2, -0.15) is 5.10 Å². The maximum absolute atomic E-state index is 12.4. The molecule has 4 rings (SSSR count). The van der Waals surface area contributed by atoms with Gasteiger partial charge in [0.15, 0.2) is 0 Å². The maximum Gasteiger partial charge on any atom is 0.271 e. The third kappa shape index (κ3) is 2.90. The van der Waals surface area contributed by atoms with Crippen LogP contribution < -0.4 is 5.32 Å². The second kappa shape index (κ2) is 5.96. The van der Waals surface area contributed by atoms with Crippen molar-refractivity contribution in [2.45, 2.75) is 25.3 Å². The molecule has 3 aromatic rings. The number of nitrogens with zero attached hydrogens (tertiary/aromatic N) is 2. The van der Waals surface area contributed by atoms with Crippen molar-refractivity contribution in [2.24, 2.45) is 0 Å². The molecule has 0 saturated carbocycles. The number of carbonyl (C=O) groups excluding carboxylic acids is 1. The van der Waals surface area contributed by atoms with Crippen LogP contribution in [0.5, 0.6) is 0 Å². The standard InChI is InChI=1S/C17H16N4OS/c22-16(19-13-7-6-12-9-18-21-14(12)8-13)15-10-23-17(20-15)11-4-2-1-3-5-11/h1-5,9-10,13H,6-8H2,(H,18,21)(H,19,22). The molecule has 6 heteroatoms. The van der Waals surface area contributed by atoms with Gasteiger partial charge in [-0.15, -0.1) is 11.3 Å². The van der Waals surface area contributed by atoms with Crippen LogP contribution in [0, 0.1) is 0 Å². The number of aromatic amines is 1. The first-order valence-electron chi connectivity index (χ1n) is 7.62. The molecule has 116 valence electrons.